The standard InChI is InChI=1S/C24H24NO5/c1-24(2,3)30-23(26)22-17-12-25-8-7-15-10-20-21(29-13-28-20)11-16(15)18(25)9-14(17)5-6-19(22)27-4/h5-6,9-12H,7-8,13H2,1-4H3/q+1. The van der Waals surface area contributed by atoms with E-state index in [4.69, 9.17) is 18.9 Å². The Bertz CT molecular complexity index is 1190. The molecule has 0 unspecified atom stereocenters. The molecule has 0 amide bonds. The van der Waals surface area contributed by atoms with Crippen LogP contribution in [0.2, 0.25) is 0 Å². The summed E-state index contributed by atoms with van der Waals surface area (Å²) in [7, 11) is 1.57. The first kappa shape index (κ1) is 18.7. The Morgan fingerprint density at radius 1 is 1.10 bits per heavy atom. The fourth-order valence-electron chi connectivity index (χ4n) is 4.13. The number of rotatable bonds is 2. The third kappa shape index (κ3) is 3.03. The molecule has 2 aliphatic heterocycles. The average molecular weight is 406 g/mol. The molecule has 5 rings (SSSR count). The summed E-state index contributed by atoms with van der Waals surface area (Å²) >= 11 is 0. The van der Waals surface area contributed by atoms with E-state index in [-0.39, 0.29) is 12.8 Å². The number of ether oxygens (including phenoxy) is 4. The van der Waals surface area contributed by atoms with Gasteiger partial charge in [-0.25, -0.2) is 4.79 Å². The second-order valence-corrected chi connectivity index (χ2v) is 8.61. The molecular formula is C24H24NO5+. The summed E-state index contributed by atoms with van der Waals surface area (Å²) in [6, 6.07) is 10.0. The smallest absolute Gasteiger partial charge is 0.343 e. The zero-order valence-corrected chi connectivity index (χ0v) is 17.6. The zero-order valence-electron chi connectivity index (χ0n) is 17.6. The van der Waals surface area contributed by atoms with E-state index in [1.807, 2.05) is 45.2 Å². The summed E-state index contributed by atoms with van der Waals surface area (Å²) in [5, 5.41) is 1.77. The molecule has 30 heavy (non-hydrogen) atoms. The van der Waals surface area contributed by atoms with Crippen molar-refractivity contribution in [2.45, 2.75) is 39.3 Å². The van der Waals surface area contributed by atoms with Crippen molar-refractivity contribution in [3.05, 3.63) is 47.7 Å². The molecule has 0 spiro atoms. The van der Waals surface area contributed by atoms with Gasteiger partial charge in [0.2, 0.25) is 12.5 Å². The molecule has 3 aromatic rings. The molecule has 2 aromatic carbocycles. The number of fused-ring (bicyclic) bond motifs is 5. The number of methoxy groups -OCH3 is 1. The lowest BCUT2D eigenvalue weighted by molar-refractivity contribution is -0.686. The van der Waals surface area contributed by atoms with Gasteiger partial charge >= 0.3 is 5.97 Å². The molecule has 6 nitrogen and oxygen atoms in total. The van der Waals surface area contributed by atoms with Crippen LogP contribution < -0.4 is 18.8 Å². The summed E-state index contributed by atoms with van der Waals surface area (Å²) < 4.78 is 24.5. The van der Waals surface area contributed by atoms with Gasteiger partial charge in [-0.3, -0.25) is 0 Å². The van der Waals surface area contributed by atoms with Gasteiger partial charge in [0.05, 0.1) is 18.1 Å². The fourth-order valence-corrected chi connectivity index (χ4v) is 4.13. The van der Waals surface area contributed by atoms with Crippen LogP contribution in [0.5, 0.6) is 17.2 Å². The van der Waals surface area contributed by atoms with Gasteiger partial charge in [-0.15, -0.1) is 0 Å². The number of hydrogen-bond donors (Lipinski definition) is 0. The first-order chi connectivity index (χ1) is 14.3. The minimum absolute atomic E-state index is 0.259. The Morgan fingerprint density at radius 3 is 2.60 bits per heavy atom. The van der Waals surface area contributed by atoms with Crippen molar-refractivity contribution >= 4 is 16.7 Å². The quantitative estimate of drug-likeness (QED) is 0.475. The highest BCUT2D eigenvalue weighted by Crippen LogP contribution is 2.40. The first-order valence-corrected chi connectivity index (χ1v) is 10.0. The number of aryl methyl sites for hydroxylation is 2. The van der Waals surface area contributed by atoms with Crippen LogP contribution in [0.1, 0.15) is 36.7 Å². The lowest BCUT2D eigenvalue weighted by atomic mass is 9.94. The number of carbonyl (C=O) groups is 1. The lowest BCUT2D eigenvalue weighted by Gasteiger charge is -2.21. The van der Waals surface area contributed by atoms with Crippen molar-refractivity contribution in [2.24, 2.45) is 0 Å². The first-order valence-electron chi connectivity index (χ1n) is 10.0. The molecule has 0 bridgehead atoms. The largest absolute Gasteiger partial charge is 0.496 e. The van der Waals surface area contributed by atoms with Gasteiger partial charge in [-0.1, -0.05) is 6.07 Å². The minimum atomic E-state index is -0.590. The molecule has 154 valence electrons. The van der Waals surface area contributed by atoms with E-state index in [1.54, 1.807) is 7.11 Å². The van der Waals surface area contributed by atoms with Gasteiger partial charge in [-0.2, -0.15) is 4.57 Å². The van der Waals surface area contributed by atoms with Gasteiger partial charge in [0.1, 0.15) is 16.9 Å². The molecule has 0 radical (unpaired) electrons. The molecule has 2 aliphatic rings. The monoisotopic (exact) mass is 406 g/mol. The normalized spacial score (nSPS) is 14.3. The average Bonchev–Trinajstić information content (AvgIpc) is 3.16. The number of hydrogen-bond acceptors (Lipinski definition) is 5. The Hall–Kier alpha value is -3.28. The molecule has 1 aromatic heterocycles. The van der Waals surface area contributed by atoms with E-state index in [1.165, 1.54) is 5.56 Å². The summed E-state index contributed by atoms with van der Waals surface area (Å²) in [6.45, 7) is 6.65. The second kappa shape index (κ2) is 6.62. The molecule has 0 atom stereocenters. The van der Waals surface area contributed by atoms with E-state index >= 15 is 0 Å². The Morgan fingerprint density at radius 2 is 1.87 bits per heavy atom. The summed E-state index contributed by atoms with van der Waals surface area (Å²) in [5.41, 5.74) is 3.31. The maximum Gasteiger partial charge on any atom is 0.343 e. The van der Waals surface area contributed by atoms with Crippen molar-refractivity contribution in [1.82, 2.24) is 0 Å². The van der Waals surface area contributed by atoms with Crippen molar-refractivity contribution in [3.63, 3.8) is 0 Å². The molecule has 6 heteroatoms. The van der Waals surface area contributed by atoms with Crippen LogP contribution in [-0.4, -0.2) is 25.5 Å². The lowest BCUT2D eigenvalue weighted by Crippen LogP contribution is -2.40. The third-order valence-corrected chi connectivity index (χ3v) is 5.45. The van der Waals surface area contributed by atoms with Crippen molar-refractivity contribution in [1.29, 1.82) is 0 Å². The highest BCUT2D eigenvalue weighted by Gasteiger charge is 2.30. The number of carbonyl (C=O) groups excluding carboxylic acids is 1. The Balaban J connectivity index is 1.69. The molecular weight excluding hydrogens is 382 g/mol. The molecule has 0 fully saturated rings. The SMILES string of the molecule is COc1ccc2cc3[n+](cc2c1C(=O)OC(C)(C)C)CCc1cc2c(cc1-3)OCO2. The summed E-state index contributed by atoms with van der Waals surface area (Å²) in [4.78, 5) is 13.0. The number of esters is 1. The van der Waals surface area contributed by atoms with Crippen LogP contribution >= 0.6 is 0 Å². The number of benzene rings is 2. The second-order valence-electron chi connectivity index (χ2n) is 8.61. The van der Waals surface area contributed by atoms with Gasteiger partial charge in [-0.05, 0) is 49.9 Å². The van der Waals surface area contributed by atoms with Crippen LogP contribution in [0.15, 0.2) is 36.5 Å². The predicted molar refractivity (Wildman–Crippen MR) is 111 cm³/mol. The minimum Gasteiger partial charge on any atom is -0.496 e. The molecule has 0 N–H and O–H groups in total. The molecule has 0 aliphatic carbocycles. The highest BCUT2D eigenvalue weighted by molar-refractivity contribution is 6.07. The van der Waals surface area contributed by atoms with Crippen molar-refractivity contribution < 1.29 is 28.3 Å². The Labute approximate surface area is 174 Å². The molecule has 0 saturated carbocycles. The summed E-state index contributed by atoms with van der Waals surface area (Å²) in [5.74, 6) is 1.70. The van der Waals surface area contributed by atoms with Gasteiger partial charge < -0.3 is 18.9 Å². The van der Waals surface area contributed by atoms with Crippen LogP contribution in [0.25, 0.3) is 22.0 Å². The number of nitrogens with zero attached hydrogens (tertiary/aromatic N) is 1. The fraction of sp³-hybridized carbons (Fsp3) is 0.333. The highest BCUT2D eigenvalue weighted by atomic mass is 16.7. The van der Waals surface area contributed by atoms with Crippen molar-refractivity contribution in [2.75, 3.05) is 13.9 Å². The maximum absolute atomic E-state index is 13.0. The molecule has 3 heterocycles. The van der Waals surface area contributed by atoms with Crippen LogP contribution in [0, 0.1) is 0 Å². The topological polar surface area (TPSA) is 57.9 Å². The van der Waals surface area contributed by atoms with Crippen molar-refractivity contribution in [3.8, 4) is 28.5 Å². The molecule has 0 saturated heterocycles. The van der Waals surface area contributed by atoms with E-state index in [0.717, 1.165) is 46.5 Å². The van der Waals surface area contributed by atoms with E-state index in [2.05, 4.69) is 16.7 Å². The van der Waals surface area contributed by atoms with Gasteiger partial charge in [0.25, 0.3) is 0 Å². The van der Waals surface area contributed by atoms with Crippen LogP contribution in [0.3, 0.4) is 0 Å². The van der Waals surface area contributed by atoms with Gasteiger partial charge in [0.15, 0.2) is 24.2 Å². The maximum atomic E-state index is 13.0. The summed E-state index contributed by atoms with van der Waals surface area (Å²) in [6.07, 6.45) is 2.90. The van der Waals surface area contributed by atoms with E-state index < -0.39 is 5.60 Å². The van der Waals surface area contributed by atoms with E-state index in [9.17, 15) is 4.79 Å². The predicted octanol–water partition coefficient (Wildman–Crippen LogP) is 4.04. The Kier molecular flexibility index (Phi) is 4.13. The zero-order chi connectivity index (χ0) is 21.0. The van der Waals surface area contributed by atoms with E-state index in [0.29, 0.717) is 11.3 Å². The van der Waals surface area contributed by atoms with Crippen LogP contribution in [0.4, 0.5) is 0 Å². The third-order valence-electron chi connectivity index (χ3n) is 5.45. The van der Waals surface area contributed by atoms with Crippen LogP contribution in [-0.2, 0) is 17.7 Å². The number of aromatic nitrogens is 1. The van der Waals surface area contributed by atoms with Gasteiger partial charge in [0, 0.05) is 12.5 Å². The number of pyridine rings is 1.